The number of rotatable bonds is 3. The Morgan fingerprint density at radius 1 is 1.38 bits per heavy atom. The molecule has 2 aromatic rings. The lowest BCUT2D eigenvalue weighted by Gasteiger charge is -2.08. The van der Waals surface area contributed by atoms with Gasteiger partial charge in [-0.2, -0.15) is 0 Å². The summed E-state index contributed by atoms with van der Waals surface area (Å²) in [7, 11) is -2.62. The molecular formula is C10H8FO3PS. The van der Waals surface area contributed by atoms with Gasteiger partial charge in [-0.1, -0.05) is 6.07 Å². The standard InChI is InChI=1S/C10H8FO3PS/c11-10(15(13)14)6-1-2-9-7(3-6)4-8(5-12)16-9/h1-5,10,13-14H. The van der Waals surface area contributed by atoms with E-state index in [1.165, 1.54) is 23.5 Å². The van der Waals surface area contributed by atoms with Crippen molar-refractivity contribution in [2.45, 2.75) is 5.91 Å². The molecule has 2 rings (SSSR count). The van der Waals surface area contributed by atoms with Crippen LogP contribution in [-0.4, -0.2) is 16.1 Å². The lowest BCUT2D eigenvalue weighted by Crippen LogP contribution is -1.88. The van der Waals surface area contributed by atoms with Crippen LogP contribution in [0.15, 0.2) is 24.3 Å². The summed E-state index contributed by atoms with van der Waals surface area (Å²) in [5.41, 5.74) is 0.221. The first-order valence-electron chi connectivity index (χ1n) is 4.41. The number of carbonyl (C=O) groups is 1. The number of fused-ring (bicyclic) bond motifs is 1. The first-order chi connectivity index (χ1) is 7.61. The summed E-state index contributed by atoms with van der Waals surface area (Å²) in [4.78, 5) is 28.7. The molecule has 0 saturated carbocycles. The highest BCUT2D eigenvalue weighted by atomic mass is 32.1. The Kier molecular flexibility index (Phi) is 3.30. The largest absolute Gasteiger partial charge is 0.348 e. The van der Waals surface area contributed by atoms with Crippen molar-refractivity contribution in [3.05, 3.63) is 34.7 Å². The van der Waals surface area contributed by atoms with E-state index in [1.54, 1.807) is 12.1 Å². The van der Waals surface area contributed by atoms with Crippen LogP contribution in [0.5, 0.6) is 0 Å². The van der Waals surface area contributed by atoms with Crippen molar-refractivity contribution in [3.63, 3.8) is 0 Å². The van der Waals surface area contributed by atoms with Crippen molar-refractivity contribution in [1.29, 1.82) is 0 Å². The molecule has 0 fully saturated rings. The Hall–Kier alpha value is -0.870. The number of hydrogen-bond donors (Lipinski definition) is 2. The molecule has 0 spiro atoms. The number of alkyl halides is 1. The molecule has 0 radical (unpaired) electrons. The Morgan fingerprint density at radius 2 is 2.12 bits per heavy atom. The summed E-state index contributed by atoms with van der Waals surface area (Å²) in [5, 5.41) is 0.740. The van der Waals surface area contributed by atoms with Crippen LogP contribution in [0.25, 0.3) is 10.1 Å². The van der Waals surface area contributed by atoms with Crippen LogP contribution in [-0.2, 0) is 0 Å². The van der Waals surface area contributed by atoms with E-state index < -0.39 is 14.3 Å². The van der Waals surface area contributed by atoms with Crippen molar-refractivity contribution in [1.82, 2.24) is 0 Å². The molecule has 1 aromatic heterocycles. The third-order valence-corrected chi connectivity index (χ3v) is 3.90. The maximum Gasteiger partial charge on any atom is 0.206 e. The summed E-state index contributed by atoms with van der Waals surface area (Å²) in [6.45, 7) is 0. The molecule has 1 aromatic carbocycles. The molecule has 1 heterocycles. The monoisotopic (exact) mass is 258 g/mol. The van der Waals surface area contributed by atoms with Gasteiger partial charge in [0, 0.05) is 4.70 Å². The van der Waals surface area contributed by atoms with Gasteiger partial charge in [0.25, 0.3) is 0 Å². The van der Waals surface area contributed by atoms with Gasteiger partial charge in [-0.3, -0.25) is 4.79 Å². The van der Waals surface area contributed by atoms with E-state index in [2.05, 4.69) is 0 Å². The van der Waals surface area contributed by atoms with Crippen LogP contribution in [0, 0.1) is 0 Å². The molecule has 84 valence electrons. The zero-order valence-electron chi connectivity index (χ0n) is 8.00. The molecule has 0 bridgehead atoms. The van der Waals surface area contributed by atoms with Crippen LogP contribution in [0.1, 0.15) is 21.1 Å². The lowest BCUT2D eigenvalue weighted by atomic mass is 10.2. The average molecular weight is 258 g/mol. The quantitative estimate of drug-likeness (QED) is 0.657. The SMILES string of the molecule is O=Cc1cc2cc(C(F)P(O)O)ccc2s1. The van der Waals surface area contributed by atoms with Crippen LogP contribution < -0.4 is 0 Å². The molecule has 1 atom stereocenters. The smallest absolute Gasteiger partial charge is 0.206 e. The van der Waals surface area contributed by atoms with Gasteiger partial charge in [-0.05, 0) is 29.1 Å². The minimum Gasteiger partial charge on any atom is -0.348 e. The van der Waals surface area contributed by atoms with Crippen LogP contribution in [0.3, 0.4) is 0 Å². The van der Waals surface area contributed by atoms with Gasteiger partial charge in [0.1, 0.15) is 0 Å². The summed E-state index contributed by atoms with van der Waals surface area (Å²) in [5.74, 6) is -1.76. The third kappa shape index (κ3) is 2.13. The van der Waals surface area contributed by atoms with Gasteiger partial charge in [0.15, 0.2) is 12.2 Å². The zero-order valence-corrected chi connectivity index (χ0v) is 9.71. The zero-order chi connectivity index (χ0) is 11.7. The Labute approximate surface area is 96.1 Å². The van der Waals surface area contributed by atoms with E-state index >= 15 is 0 Å². The Bertz CT molecular complexity index is 526. The lowest BCUT2D eigenvalue weighted by molar-refractivity contribution is 0.112. The maximum absolute atomic E-state index is 13.3. The van der Waals surface area contributed by atoms with Gasteiger partial charge in [-0.15, -0.1) is 11.3 Å². The fourth-order valence-electron chi connectivity index (χ4n) is 1.42. The molecule has 0 aliphatic heterocycles. The maximum atomic E-state index is 13.3. The average Bonchev–Trinajstić information content (AvgIpc) is 2.69. The summed E-state index contributed by atoms with van der Waals surface area (Å²) >= 11 is 1.32. The van der Waals surface area contributed by atoms with E-state index in [4.69, 9.17) is 9.79 Å². The highest BCUT2D eigenvalue weighted by Gasteiger charge is 2.19. The van der Waals surface area contributed by atoms with E-state index in [0.29, 0.717) is 4.88 Å². The number of benzene rings is 1. The number of halogens is 1. The second kappa shape index (κ2) is 4.55. The molecular weight excluding hydrogens is 250 g/mol. The minimum absolute atomic E-state index is 0.221. The molecule has 0 aliphatic rings. The number of thiophene rings is 1. The fourth-order valence-corrected chi connectivity index (χ4v) is 2.71. The van der Waals surface area contributed by atoms with Crippen LogP contribution in [0.4, 0.5) is 4.39 Å². The number of aldehydes is 1. The summed E-state index contributed by atoms with van der Waals surface area (Å²) in [6, 6.07) is 6.36. The van der Waals surface area contributed by atoms with Gasteiger partial charge in [0.2, 0.25) is 8.38 Å². The van der Waals surface area contributed by atoms with E-state index in [0.717, 1.165) is 16.4 Å². The van der Waals surface area contributed by atoms with Crippen molar-refractivity contribution >= 4 is 36.1 Å². The van der Waals surface area contributed by atoms with Crippen molar-refractivity contribution < 1.29 is 19.0 Å². The van der Waals surface area contributed by atoms with Gasteiger partial charge in [-0.25, -0.2) is 4.39 Å². The predicted octanol–water partition coefficient (Wildman–Crippen LogP) is 2.98. The van der Waals surface area contributed by atoms with E-state index in [9.17, 15) is 9.18 Å². The van der Waals surface area contributed by atoms with Crippen LogP contribution >= 0.6 is 19.7 Å². The fraction of sp³-hybridized carbons (Fsp3) is 0.100. The molecule has 0 aliphatic carbocycles. The molecule has 3 nitrogen and oxygen atoms in total. The summed E-state index contributed by atoms with van der Waals surface area (Å²) < 4.78 is 14.2. The second-order valence-electron chi connectivity index (χ2n) is 3.22. The predicted molar refractivity (Wildman–Crippen MR) is 62.4 cm³/mol. The highest BCUT2D eigenvalue weighted by Crippen LogP contribution is 2.45. The van der Waals surface area contributed by atoms with Crippen molar-refractivity contribution in [2.24, 2.45) is 0 Å². The van der Waals surface area contributed by atoms with Crippen molar-refractivity contribution in [3.8, 4) is 0 Å². The third-order valence-electron chi connectivity index (χ3n) is 2.15. The molecule has 2 N–H and O–H groups in total. The second-order valence-corrected chi connectivity index (χ2v) is 5.43. The van der Waals surface area contributed by atoms with Gasteiger partial charge < -0.3 is 9.79 Å². The molecule has 0 saturated heterocycles. The first kappa shape index (κ1) is 11.6. The van der Waals surface area contributed by atoms with Gasteiger partial charge >= 0.3 is 0 Å². The molecule has 0 amide bonds. The minimum atomic E-state index is -2.62. The van der Waals surface area contributed by atoms with Gasteiger partial charge in [0.05, 0.1) is 4.88 Å². The number of carbonyl (C=O) groups excluding carboxylic acids is 1. The Morgan fingerprint density at radius 3 is 2.75 bits per heavy atom. The van der Waals surface area contributed by atoms with E-state index in [-0.39, 0.29) is 5.56 Å². The van der Waals surface area contributed by atoms with E-state index in [1.807, 2.05) is 0 Å². The molecule has 1 unspecified atom stereocenters. The topological polar surface area (TPSA) is 57.5 Å². The van der Waals surface area contributed by atoms with Crippen LogP contribution in [0.2, 0.25) is 0 Å². The normalized spacial score (nSPS) is 13.2. The molecule has 6 heteroatoms. The molecule has 16 heavy (non-hydrogen) atoms. The number of hydrogen-bond acceptors (Lipinski definition) is 4. The first-order valence-corrected chi connectivity index (χ1v) is 6.55. The summed E-state index contributed by atoms with van der Waals surface area (Å²) in [6.07, 6.45) is 0.738. The van der Waals surface area contributed by atoms with Crippen molar-refractivity contribution in [2.75, 3.05) is 0 Å². The Balaban J connectivity index is 2.46. The highest BCUT2D eigenvalue weighted by molar-refractivity contribution is 7.45.